The molecule has 0 saturated carbocycles. The normalized spacial score (nSPS) is 10.4. The van der Waals surface area contributed by atoms with E-state index in [1.54, 1.807) is 18.1 Å². The van der Waals surface area contributed by atoms with Gasteiger partial charge in [-0.05, 0) is 34.5 Å². The summed E-state index contributed by atoms with van der Waals surface area (Å²) in [5, 5.41) is 4.11. The molecule has 0 aliphatic carbocycles. The van der Waals surface area contributed by atoms with E-state index < -0.39 is 0 Å². The van der Waals surface area contributed by atoms with Crippen molar-refractivity contribution in [2.45, 2.75) is 23.3 Å². The standard InChI is InChI=1S/C13H14BrN3S/c1-3-9-12(15-2)16-8-17-13(9)18-11-7-5-4-6-10(11)14/h4-8H,3H2,1-2H3,(H,15,16,17). The number of nitrogens with zero attached hydrogens (tertiary/aromatic N) is 2. The second-order valence-corrected chi connectivity index (χ2v) is 5.53. The highest BCUT2D eigenvalue weighted by Gasteiger charge is 2.11. The minimum atomic E-state index is 0.905. The van der Waals surface area contributed by atoms with E-state index in [2.05, 4.69) is 44.2 Å². The number of anilines is 1. The Morgan fingerprint density at radius 2 is 2.06 bits per heavy atom. The van der Waals surface area contributed by atoms with Crippen molar-refractivity contribution in [2.24, 2.45) is 0 Å². The number of benzene rings is 1. The predicted molar refractivity (Wildman–Crippen MR) is 79.2 cm³/mol. The average Bonchev–Trinajstić information content (AvgIpc) is 2.41. The maximum atomic E-state index is 4.39. The monoisotopic (exact) mass is 323 g/mol. The summed E-state index contributed by atoms with van der Waals surface area (Å²) in [4.78, 5) is 9.79. The molecule has 0 aliphatic rings. The third-order valence-electron chi connectivity index (χ3n) is 2.54. The molecular formula is C13H14BrN3S. The number of halogens is 1. The Bertz CT molecular complexity index is 546. The summed E-state index contributed by atoms with van der Waals surface area (Å²) in [5.41, 5.74) is 1.15. The van der Waals surface area contributed by atoms with E-state index in [-0.39, 0.29) is 0 Å². The minimum absolute atomic E-state index is 0.905. The van der Waals surface area contributed by atoms with E-state index in [1.807, 2.05) is 25.2 Å². The van der Waals surface area contributed by atoms with E-state index in [0.29, 0.717) is 0 Å². The van der Waals surface area contributed by atoms with Crippen LogP contribution in [0.3, 0.4) is 0 Å². The molecule has 3 nitrogen and oxygen atoms in total. The molecule has 1 N–H and O–H groups in total. The van der Waals surface area contributed by atoms with Crippen molar-refractivity contribution < 1.29 is 0 Å². The van der Waals surface area contributed by atoms with Crippen molar-refractivity contribution in [3.63, 3.8) is 0 Å². The van der Waals surface area contributed by atoms with Gasteiger partial charge in [0.2, 0.25) is 0 Å². The Morgan fingerprint density at radius 3 is 2.72 bits per heavy atom. The molecule has 0 bridgehead atoms. The number of rotatable bonds is 4. The zero-order chi connectivity index (χ0) is 13.0. The number of hydrogen-bond donors (Lipinski definition) is 1. The zero-order valence-electron chi connectivity index (χ0n) is 10.3. The molecule has 0 atom stereocenters. The van der Waals surface area contributed by atoms with Crippen LogP contribution in [0.25, 0.3) is 0 Å². The second kappa shape index (κ2) is 6.20. The van der Waals surface area contributed by atoms with E-state index in [1.165, 1.54) is 0 Å². The van der Waals surface area contributed by atoms with Crippen molar-refractivity contribution in [1.29, 1.82) is 0 Å². The van der Waals surface area contributed by atoms with Gasteiger partial charge in [0, 0.05) is 22.0 Å². The minimum Gasteiger partial charge on any atom is -0.373 e. The Balaban J connectivity index is 2.37. The summed E-state index contributed by atoms with van der Waals surface area (Å²) >= 11 is 5.21. The van der Waals surface area contributed by atoms with Crippen LogP contribution >= 0.6 is 27.7 Å². The molecule has 0 unspecified atom stereocenters. The van der Waals surface area contributed by atoms with Crippen LogP contribution in [0.4, 0.5) is 5.82 Å². The van der Waals surface area contributed by atoms with Crippen molar-refractivity contribution in [3.8, 4) is 0 Å². The summed E-state index contributed by atoms with van der Waals surface area (Å²) in [6.45, 7) is 2.11. The lowest BCUT2D eigenvalue weighted by molar-refractivity contribution is 0.946. The van der Waals surface area contributed by atoms with Crippen LogP contribution in [0.5, 0.6) is 0 Å². The van der Waals surface area contributed by atoms with Gasteiger partial charge in [-0.25, -0.2) is 9.97 Å². The Morgan fingerprint density at radius 1 is 1.28 bits per heavy atom. The molecule has 0 spiro atoms. The Labute approximate surface area is 120 Å². The van der Waals surface area contributed by atoms with Crippen molar-refractivity contribution in [1.82, 2.24) is 9.97 Å². The van der Waals surface area contributed by atoms with Crippen LogP contribution < -0.4 is 5.32 Å². The third-order valence-corrected chi connectivity index (χ3v) is 4.61. The van der Waals surface area contributed by atoms with Gasteiger partial charge < -0.3 is 5.32 Å². The number of nitrogens with one attached hydrogen (secondary N) is 1. The second-order valence-electron chi connectivity index (χ2n) is 3.64. The predicted octanol–water partition coefficient (Wildman–Crippen LogP) is 3.99. The zero-order valence-corrected chi connectivity index (χ0v) is 12.7. The highest BCUT2D eigenvalue weighted by atomic mass is 79.9. The number of hydrogen-bond acceptors (Lipinski definition) is 4. The first-order valence-electron chi connectivity index (χ1n) is 5.70. The largest absolute Gasteiger partial charge is 0.373 e. The fraction of sp³-hybridized carbons (Fsp3) is 0.231. The Kier molecular flexibility index (Phi) is 4.60. The molecule has 5 heteroatoms. The van der Waals surface area contributed by atoms with Gasteiger partial charge >= 0.3 is 0 Å². The van der Waals surface area contributed by atoms with E-state index in [4.69, 9.17) is 0 Å². The topological polar surface area (TPSA) is 37.8 Å². The fourth-order valence-electron chi connectivity index (χ4n) is 1.65. The smallest absolute Gasteiger partial charge is 0.133 e. The fourth-order valence-corrected chi connectivity index (χ4v) is 3.16. The molecule has 2 rings (SSSR count). The van der Waals surface area contributed by atoms with Gasteiger partial charge in [-0.15, -0.1) is 0 Å². The van der Waals surface area contributed by atoms with Gasteiger partial charge in [-0.3, -0.25) is 0 Å². The molecule has 1 aromatic carbocycles. The first-order chi connectivity index (χ1) is 8.76. The van der Waals surface area contributed by atoms with Gasteiger partial charge in [-0.1, -0.05) is 30.8 Å². The molecule has 0 saturated heterocycles. The van der Waals surface area contributed by atoms with E-state index >= 15 is 0 Å². The quantitative estimate of drug-likeness (QED) is 0.863. The van der Waals surface area contributed by atoms with Gasteiger partial charge in [0.15, 0.2) is 0 Å². The summed E-state index contributed by atoms with van der Waals surface area (Å²) < 4.78 is 1.08. The Hall–Kier alpha value is -1.07. The van der Waals surface area contributed by atoms with Crippen LogP contribution in [0.15, 0.2) is 45.0 Å². The summed E-state index contributed by atoms with van der Waals surface area (Å²) in [6, 6.07) is 8.15. The molecule has 0 amide bonds. The summed E-state index contributed by atoms with van der Waals surface area (Å²) in [7, 11) is 1.88. The molecule has 1 aromatic heterocycles. The van der Waals surface area contributed by atoms with Crippen LogP contribution in [-0.2, 0) is 6.42 Å². The molecule has 1 heterocycles. The first kappa shape index (κ1) is 13.4. The molecule has 2 aromatic rings. The van der Waals surface area contributed by atoms with Gasteiger partial charge in [-0.2, -0.15) is 0 Å². The molecule has 0 radical (unpaired) electrons. The molecule has 18 heavy (non-hydrogen) atoms. The summed E-state index contributed by atoms with van der Waals surface area (Å²) in [5.74, 6) is 0.905. The SMILES string of the molecule is CCc1c(NC)ncnc1Sc1ccccc1Br. The summed E-state index contributed by atoms with van der Waals surface area (Å²) in [6.07, 6.45) is 2.51. The van der Waals surface area contributed by atoms with Crippen molar-refractivity contribution in [2.75, 3.05) is 12.4 Å². The van der Waals surface area contributed by atoms with Gasteiger partial charge in [0.1, 0.15) is 17.2 Å². The highest BCUT2D eigenvalue weighted by Crippen LogP contribution is 2.35. The average molecular weight is 324 g/mol. The van der Waals surface area contributed by atoms with E-state index in [9.17, 15) is 0 Å². The highest BCUT2D eigenvalue weighted by molar-refractivity contribution is 9.10. The van der Waals surface area contributed by atoms with Crippen molar-refractivity contribution in [3.05, 3.63) is 40.6 Å². The lowest BCUT2D eigenvalue weighted by atomic mass is 10.2. The van der Waals surface area contributed by atoms with Gasteiger partial charge in [0.05, 0.1) is 0 Å². The molecule has 0 aliphatic heterocycles. The number of aromatic nitrogens is 2. The first-order valence-corrected chi connectivity index (χ1v) is 7.31. The van der Waals surface area contributed by atoms with E-state index in [0.717, 1.165) is 32.2 Å². The van der Waals surface area contributed by atoms with Crippen LogP contribution in [0.1, 0.15) is 12.5 Å². The molecular weight excluding hydrogens is 310 g/mol. The van der Waals surface area contributed by atoms with Crippen molar-refractivity contribution >= 4 is 33.5 Å². The molecule has 94 valence electrons. The lowest BCUT2D eigenvalue weighted by Gasteiger charge is -2.11. The van der Waals surface area contributed by atoms with Crippen LogP contribution in [0, 0.1) is 0 Å². The maximum absolute atomic E-state index is 4.39. The molecule has 0 fully saturated rings. The van der Waals surface area contributed by atoms with Gasteiger partial charge in [0.25, 0.3) is 0 Å². The van der Waals surface area contributed by atoms with Crippen LogP contribution in [0.2, 0.25) is 0 Å². The maximum Gasteiger partial charge on any atom is 0.133 e. The van der Waals surface area contributed by atoms with Crippen LogP contribution in [-0.4, -0.2) is 17.0 Å². The third kappa shape index (κ3) is 2.84. The lowest BCUT2D eigenvalue weighted by Crippen LogP contribution is -2.01.